The molecule has 0 bridgehead atoms. The summed E-state index contributed by atoms with van der Waals surface area (Å²) in [6, 6.07) is 17.3. The number of amides is 2. The van der Waals surface area contributed by atoms with Crippen molar-refractivity contribution in [3.63, 3.8) is 0 Å². The maximum Gasteiger partial charge on any atom is 0.319 e. The molecule has 2 N–H and O–H groups in total. The monoisotopic (exact) mass is 363 g/mol. The highest BCUT2D eigenvalue weighted by Gasteiger charge is 2.13. The topological polar surface area (TPSA) is 63.2 Å². The van der Waals surface area contributed by atoms with Crippen LogP contribution in [0.15, 0.2) is 60.8 Å². The van der Waals surface area contributed by atoms with Crippen LogP contribution in [0.3, 0.4) is 0 Å². The van der Waals surface area contributed by atoms with Crippen LogP contribution in [0.4, 0.5) is 10.5 Å². The quantitative estimate of drug-likeness (QED) is 0.644. The molecule has 0 atom stereocenters. The van der Waals surface area contributed by atoms with Crippen LogP contribution in [0.1, 0.15) is 26.3 Å². The first-order valence-corrected chi connectivity index (χ1v) is 9.05. The fourth-order valence-electron chi connectivity index (χ4n) is 2.76. The molecule has 0 aliphatic rings. The number of nitrogens with one attached hydrogen (secondary N) is 2. The van der Waals surface area contributed by atoms with Crippen molar-refractivity contribution in [1.82, 2.24) is 10.3 Å². The van der Waals surface area contributed by atoms with Crippen LogP contribution in [0, 0.1) is 0 Å². The van der Waals surface area contributed by atoms with Crippen LogP contribution in [0.25, 0.3) is 10.9 Å². The van der Waals surface area contributed by atoms with Crippen molar-refractivity contribution >= 4 is 22.6 Å². The third-order valence-corrected chi connectivity index (χ3v) is 4.26. The lowest BCUT2D eigenvalue weighted by atomic mass is 9.87. The van der Waals surface area contributed by atoms with Gasteiger partial charge >= 0.3 is 6.03 Å². The number of aromatic nitrogens is 1. The molecule has 1 heterocycles. The van der Waals surface area contributed by atoms with E-state index in [4.69, 9.17) is 4.74 Å². The lowest BCUT2D eigenvalue weighted by molar-refractivity contribution is 0.247. The maximum atomic E-state index is 12.1. The van der Waals surface area contributed by atoms with E-state index in [1.54, 1.807) is 6.20 Å². The van der Waals surface area contributed by atoms with Crippen LogP contribution in [-0.4, -0.2) is 24.2 Å². The third-order valence-electron chi connectivity index (χ3n) is 4.26. The minimum Gasteiger partial charge on any atom is -0.492 e. The number of carbonyl (C=O) groups is 1. The fourth-order valence-corrected chi connectivity index (χ4v) is 2.76. The molecular weight excluding hydrogens is 338 g/mol. The number of ether oxygens (including phenoxy) is 1. The molecule has 0 aliphatic carbocycles. The summed E-state index contributed by atoms with van der Waals surface area (Å²) in [5.41, 5.74) is 2.83. The standard InChI is InChI=1S/C22H25N3O2/c1-22(2,3)17-9-11-18(12-10-17)27-15-14-24-21(26)25-19-8-4-6-16-7-5-13-23-20(16)19/h4-13H,14-15H2,1-3H3,(H2,24,25,26). The molecule has 0 fully saturated rings. The van der Waals surface area contributed by atoms with Gasteiger partial charge in [-0.3, -0.25) is 4.98 Å². The van der Waals surface area contributed by atoms with E-state index in [2.05, 4.69) is 48.5 Å². The Morgan fingerprint density at radius 3 is 2.52 bits per heavy atom. The first kappa shape index (κ1) is 18.7. The van der Waals surface area contributed by atoms with Crippen molar-refractivity contribution in [1.29, 1.82) is 0 Å². The average Bonchev–Trinajstić information content (AvgIpc) is 2.65. The number of fused-ring (bicyclic) bond motifs is 1. The first-order valence-electron chi connectivity index (χ1n) is 9.05. The SMILES string of the molecule is CC(C)(C)c1ccc(OCCNC(=O)Nc2cccc3cccnc23)cc1. The van der Waals surface area contributed by atoms with Crippen LogP contribution >= 0.6 is 0 Å². The van der Waals surface area contributed by atoms with Crippen molar-refractivity contribution < 1.29 is 9.53 Å². The number of anilines is 1. The third kappa shape index (κ3) is 4.97. The second kappa shape index (κ2) is 8.08. The summed E-state index contributed by atoms with van der Waals surface area (Å²) < 4.78 is 5.69. The molecule has 5 heteroatoms. The maximum absolute atomic E-state index is 12.1. The molecule has 0 spiro atoms. The fraction of sp³-hybridized carbons (Fsp3) is 0.273. The number of hydrogen-bond donors (Lipinski definition) is 2. The number of pyridine rings is 1. The van der Waals surface area contributed by atoms with E-state index in [9.17, 15) is 4.79 Å². The number of para-hydroxylation sites is 1. The molecule has 140 valence electrons. The number of benzene rings is 2. The van der Waals surface area contributed by atoms with Gasteiger partial charge in [0, 0.05) is 11.6 Å². The Labute approximate surface area is 159 Å². The van der Waals surface area contributed by atoms with Gasteiger partial charge < -0.3 is 15.4 Å². The molecule has 3 aromatic rings. The molecule has 5 nitrogen and oxygen atoms in total. The van der Waals surface area contributed by atoms with Gasteiger partial charge in [0.05, 0.1) is 17.7 Å². The van der Waals surface area contributed by atoms with Gasteiger partial charge in [-0.15, -0.1) is 0 Å². The Bertz CT molecular complexity index is 909. The van der Waals surface area contributed by atoms with E-state index in [0.29, 0.717) is 18.8 Å². The van der Waals surface area contributed by atoms with Crippen LogP contribution in [-0.2, 0) is 5.41 Å². The van der Waals surface area contributed by atoms with Crippen molar-refractivity contribution in [2.24, 2.45) is 0 Å². The first-order chi connectivity index (χ1) is 12.9. The van der Waals surface area contributed by atoms with Gasteiger partial charge in [-0.25, -0.2) is 4.79 Å². The van der Waals surface area contributed by atoms with Gasteiger partial charge in [0.15, 0.2) is 0 Å². The zero-order valence-corrected chi connectivity index (χ0v) is 16.0. The van der Waals surface area contributed by atoms with Crippen LogP contribution in [0.5, 0.6) is 5.75 Å². The Hall–Kier alpha value is -3.08. The zero-order valence-electron chi connectivity index (χ0n) is 16.0. The average molecular weight is 363 g/mol. The summed E-state index contributed by atoms with van der Waals surface area (Å²) in [5, 5.41) is 6.62. The Kier molecular flexibility index (Phi) is 5.60. The van der Waals surface area contributed by atoms with Crippen LogP contribution in [0.2, 0.25) is 0 Å². The molecule has 0 radical (unpaired) electrons. The van der Waals surface area contributed by atoms with Crippen LogP contribution < -0.4 is 15.4 Å². The Balaban J connectivity index is 1.47. The van der Waals surface area contributed by atoms with E-state index >= 15 is 0 Å². The van der Waals surface area contributed by atoms with Gasteiger partial charge in [-0.05, 0) is 35.2 Å². The second-order valence-corrected chi connectivity index (χ2v) is 7.38. The lowest BCUT2D eigenvalue weighted by Crippen LogP contribution is -2.32. The van der Waals surface area contributed by atoms with Crippen molar-refractivity contribution in [3.05, 3.63) is 66.4 Å². The van der Waals surface area contributed by atoms with Gasteiger partial charge in [-0.2, -0.15) is 0 Å². The van der Waals surface area contributed by atoms with E-state index < -0.39 is 0 Å². The molecule has 2 aromatic carbocycles. The summed E-state index contributed by atoms with van der Waals surface area (Å²) in [4.78, 5) is 16.4. The zero-order chi connectivity index (χ0) is 19.3. The number of rotatable bonds is 5. The number of urea groups is 1. The molecule has 0 saturated heterocycles. The molecule has 1 aromatic heterocycles. The summed E-state index contributed by atoms with van der Waals surface area (Å²) in [5.74, 6) is 0.795. The Morgan fingerprint density at radius 2 is 1.78 bits per heavy atom. The molecule has 0 unspecified atom stereocenters. The molecule has 2 amide bonds. The number of nitrogens with zero attached hydrogens (tertiary/aromatic N) is 1. The van der Waals surface area contributed by atoms with Crippen molar-refractivity contribution in [2.45, 2.75) is 26.2 Å². The minimum atomic E-state index is -0.278. The molecule has 0 saturated carbocycles. The summed E-state index contributed by atoms with van der Waals surface area (Å²) in [6.45, 7) is 7.34. The van der Waals surface area contributed by atoms with Gasteiger partial charge in [-0.1, -0.05) is 51.1 Å². The summed E-state index contributed by atoms with van der Waals surface area (Å²) >= 11 is 0. The molecule has 3 rings (SSSR count). The second-order valence-electron chi connectivity index (χ2n) is 7.38. The van der Waals surface area contributed by atoms with Crippen molar-refractivity contribution in [2.75, 3.05) is 18.5 Å². The van der Waals surface area contributed by atoms with E-state index in [0.717, 1.165) is 16.7 Å². The van der Waals surface area contributed by atoms with E-state index in [-0.39, 0.29) is 11.4 Å². The highest BCUT2D eigenvalue weighted by molar-refractivity contribution is 5.99. The smallest absolute Gasteiger partial charge is 0.319 e. The highest BCUT2D eigenvalue weighted by Crippen LogP contribution is 2.24. The lowest BCUT2D eigenvalue weighted by Gasteiger charge is -2.19. The Morgan fingerprint density at radius 1 is 1.04 bits per heavy atom. The highest BCUT2D eigenvalue weighted by atomic mass is 16.5. The predicted molar refractivity (Wildman–Crippen MR) is 109 cm³/mol. The summed E-state index contributed by atoms with van der Waals surface area (Å²) in [6.07, 6.45) is 1.71. The molecule has 0 aliphatic heterocycles. The van der Waals surface area contributed by atoms with Crippen molar-refractivity contribution in [3.8, 4) is 5.75 Å². The normalized spacial score (nSPS) is 11.2. The van der Waals surface area contributed by atoms with Gasteiger partial charge in [0.25, 0.3) is 0 Å². The van der Waals surface area contributed by atoms with E-state index in [1.165, 1.54) is 5.56 Å². The summed E-state index contributed by atoms with van der Waals surface area (Å²) in [7, 11) is 0. The number of carbonyl (C=O) groups excluding carboxylic acids is 1. The van der Waals surface area contributed by atoms with Gasteiger partial charge in [0.2, 0.25) is 0 Å². The van der Waals surface area contributed by atoms with E-state index in [1.807, 2.05) is 42.5 Å². The minimum absolute atomic E-state index is 0.120. The molecule has 27 heavy (non-hydrogen) atoms. The largest absolute Gasteiger partial charge is 0.492 e. The predicted octanol–water partition coefficient (Wildman–Crippen LogP) is 4.73. The molecular formula is C22H25N3O2. The number of hydrogen-bond acceptors (Lipinski definition) is 3. The van der Waals surface area contributed by atoms with Gasteiger partial charge in [0.1, 0.15) is 12.4 Å².